The van der Waals surface area contributed by atoms with Crippen molar-refractivity contribution in [1.82, 2.24) is 0 Å². The van der Waals surface area contributed by atoms with E-state index >= 15 is 0 Å². The van der Waals surface area contributed by atoms with E-state index in [4.69, 9.17) is 41.2 Å². The molecule has 2 rings (SSSR count). The van der Waals surface area contributed by atoms with E-state index in [9.17, 15) is 0 Å². The molecule has 3 N–H and O–H groups in total. The summed E-state index contributed by atoms with van der Waals surface area (Å²) in [5.74, 6) is 0. The first-order chi connectivity index (χ1) is 9.49. The number of nitrogens with one attached hydrogen (secondary N) is 1. The summed E-state index contributed by atoms with van der Waals surface area (Å²) in [6.45, 7) is 2.03. The Hall–Kier alpha value is -1.29. The van der Waals surface area contributed by atoms with Crippen LogP contribution >= 0.6 is 35.4 Å². The molecule has 0 radical (unpaired) electrons. The van der Waals surface area contributed by atoms with Crippen molar-refractivity contribution in [2.45, 2.75) is 13.0 Å². The highest BCUT2D eigenvalue weighted by Crippen LogP contribution is 2.28. The summed E-state index contributed by atoms with van der Waals surface area (Å²) in [4.78, 5) is 0.307. The zero-order chi connectivity index (χ0) is 14.7. The summed E-state index contributed by atoms with van der Waals surface area (Å²) in [5, 5.41) is 4.69. The molecule has 5 heteroatoms. The van der Waals surface area contributed by atoms with Crippen LogP contribution in [0.4, 0.5) is 5.69 Å². The average molecular weight is 325 g/mol. The SMILES string of the molecule is CC(Nc1ccc(Cl)cc1C(N)=S)c1ccccc1Cl. The number of hydrogen-bond acceptors (Lipinski definition) is 2. The fourth-order valence-electron chi connectivity index (χ4n) is 1.98. The first kappa shape index (κ1) is 15.1. The van der Waals surface area contributed by atoms with Crippen molar-refractivity contribution in [2.24, 2.45) is 5.73 Å². The molecule has 20 heavy (non-hydrogen) atoms. The van der Waals surface area contributed by atoms with Gasteiger partial charge in [-0.15, -0.1) is 0 Å². The Labute approximate surface area is 133 Å². The van der Waals surface area contributed by atoms with Crippen LogP contribution in [0.2, 0.25) is 10.0 Å². The second-order valence-electron chi connectivity index (χ2n) is 4.44. The Morgan fingerprint density at radius 1 is 1.20 bits per heavy atom. The fourth-order valence-corrected chi connectivity index (χ4v) is 2.62. The Morgan fingerprint density at radius 2 is 1.90 bits per heavy atom. The molecule has 0 aromatic heterocycles. The quantitative estimate of drug-likeness (QED) is 0.793. The number of thiocarbonyl (C=S) groups is 1. The van der Waals surface area contributed by atoms with Crippen LogP contribution in [-0.2, 0) is 0 Å². The summed E-state index contributed by atoms with van der Waals surface area (Å²) >= 11 is 17.2. The highest BCUT2D eigenvalue weighted by Gasteiger charge is 2.12. The smallest absolute Gasteiger partial charge is 0.106 e. The summed E-state index contributed by atoms with van der Waals surface area (Å²) in [5.41, 5.74) is 8.32. The Kier molecular flexibility index (Phi) is 4.86. The zero-order valence-corrected chi connectivity index (χ0v) is 13.2. The predicted octanol–water partition coefficient (Wildman–Crippen LogP) is 4.80. The van der Waals surface area contributed by atoms with E-state index in [0.29, 0.717) is 10.0 Å². The van der Waals surface area contributed by atoms with Gasteiger partial charge in [0.2, 0.25) is 0 Å². The van der Waals surface area contributed by atoms with Gasteiger partial charge in [-0.3, -0.25) is 0 Å². The lowest BCUT2D eigenvalue weighted by atomic mass is 10.1. The molecule has 1 atom stereocenters. The van der Waals surface area contributed by atoms with Crippen molar-refractivity contribution < 1.29 is 0 Å². The minimum absolute atomic E-state index is 0.0259. The van der Waals surface area contributed by atoms with Gasteiger partial charge in [0.1, 0.15) is 4.99 Å². The third kappa shape index (κ3) is 3.42. The van der Waals surface area contributed by atoms with Gasteiger partial charge in [0.25, 0.3) is 0 Å². The van der Waals surface area contributed by atoms with Crippen LogP contribution in [-0.4, -0.2) is 4.99 Å². The topological polar surface area (TPSA) is 38.0 Å². The van der Waals surface area contributed by atoms with Crippen LogP contribution in [0.1, 0.15) is 24.1 Å². The van der Waals surface area contributed by atoms with Crippen LogP contribution in [0.15, 0.2) is 42.5 Å². The fraction of sp³-hybridized carbons (Fsp3) is 0.133. The molecule has 0 saturated carbocycles. The van der Waals surface area contributed by atoms with Crippen LogP contribution in [0, 0.1) is 0 Å². The van der Waals surface area contributed by atoms with E-state index in [0.717, 1.165) is 21.8 Å². The van der Waals surface area contributed by atoms with Crippen molar-refractivity contribution in [1.29, 1.82) is 0 Å². The molecule has 0 saturated heterocycles. The maximum Gasteiger partial charge on any atom is 0.106 e. The zero-order valence-electron chi connectivity index (χ0n) is 10.9. The van der Waals surface area contributed by atoms with Gasteiger partial charge in [-0.25, -0.2) is 0 Å². The van der Waals surface area contributed by atoms with Crippen molar-refractivity contribution in [3.8, 4) is 0 Å². The second-order valence-corrected chi connectivity index (χ2v) is 5.73. The van der Waals surface area contributed by atoms with E-state index in [1.165, 1.54) is 0 Å². The predicted molar refractivity (Wildman–Crippen MR) is 90.8 cm³/mol. The first-order valence-electron chi connectivity index (χ1n) is 6.09. The van der Waals surface area contributed by atoms with E-state index in [1.54, 1.807) is 12.1 Å². The van der Waals surface area contributed by atoms with Gasteiger partial charge >= 0.3 is 0 Å². The van der Waals surface area contributed by atoms with E-state index in [1.807, 2.05) is 37.3 Å². The van der Waals surface area contributed by atoms with Gasteiger partial charge in [-0.1, -0.05) is 53.6 Å². The van der Waals surface area contributed by atoms with Crippen molar-refractivity contribution >= 4 is 46.1 Å². The normalized spacial score (nSPS) is 11.9. The summed E-state index contributed by atoms with van der Waals surface area (Å²) in [6.07, 6.45) is 0. The maximum atomic E-state index is 6.20. The number of hydrogen-bond donors (Lipinski definition) is 2. The minimum atomic E-state index is 0.0259. The summed E-state index contributed by atoms with van der Waals surface area (Å²) in [7, 11) is 0. The molecule has 1 unspecified atom stereocenters. The van der Waals surface area contributed by atoms with E-state index < -0.39 is 0 Å². The number of nitrogens with two attached hydrogens (primary N) is 1. The molecule has 0 aliphatic carbocycles. The van der Waals surface area contributed by atoms with Gasteiger partial charge < -0.3 is 11.1 Å². The standard InChI is InChI=1S/C15H14Cl2N2S/c1-9(11-4-2-3-5-13(11)17)19-14-7-6-10(16)8-12(14)15(18)20/h2-9,19H,1H3,(H2,18,20). The molecule has 0 heterocycles. The van der Waals surface area contributed by atoms with Gasteiger partial charge in [-0.2, -0.15) is 0 Å². The molecule has 0 spiro atoms. The number of anilines is 1. The second kappa shape index (κ2) is 6.44. The van der Waals surface area contributed by atoms with Gasteiger partial charge in [0.05, 0.1) is 6.04 Å². The molecule has 0 amide bonds. The largest absolute Gasteiger partial charge is 0.389 e. The third-order valence-corrected chi connectivity index (χ3v) is 3.79. The summed E-state index contributed by atoms with van der Waals surface area (Å²) < 4.78 is 0. The van der Waals surface area contributed by atoms with Crippen LogP contribution in [0.3, 0.4) is 0 Å². The highest BCUT2D eigenvalue weighted by atomic mass is 35.5. The molecule has 2 aromatic carbocycles. The maximum absolute atomic E-state index is 6.20. The van der Waals surface area contributed by atoms with Crippen LogP contribution in [0.25, 0.3) is 0 Å². The number of benzene rings is 2. The molecule has 0 aliphatic heterocycles. The van der Waals surface area contributed by atoms with Crippen molar-refractivity contribution in [3.05, 3.63) is 63.6 Å². The van der Waals surface area contributed by atoms with Crippen molar-refractivity contribution in [2.75, 3.05) is 5.32 Å². The Bertz CT molecular complexity index is 644. The lowest BCUT2D eigenvalue weighted by Gasteiger charge is -2.19. The molecule has 104 valence electrons. The number of halogens is 2. The van der Waals surface area contributed by atoms with E-state index in [-0.39, 0.29) is 6.04 Å². The molecule has 0 bridgehead atoms. The van der Waals surface area contributed by atoms with Crippen molar-refractivity contribution in [3.63, 3.8) is 0 Å². The molecular formula is C15H14Cl2N2S. The molecule has 2 nitrogen and oxygen atoms in total. The summed E-state index contributed by atoms with van der Waals surface area (Å²) in [6, 6.07) is 13.2. The lowest BCUT2D eigenvalue weighted by molar-refractivity contribution is 0.884. The highest BCUT2D eigenvalue weighted by molar-refractivity contribution is 7.80. The van der Waals surface area contributed by atoms with Gasteiger partial charge in [-0.05, 0) is 36.8 Å². The van der Waals surface area contributed by atoms with Gasteiger partial charge in [0, 0.05) is 21.3 Å². The molecule has 0 aliphatic rings. The Morgan fingerprint density at radius 3 is 2.55 bits per heavy atom. The molecule has 0 fully saturated rings. The Balaban J connectivity index is 2.31. The van der Waals surface area contributed by atoms with E-state index in [2.05, 4.69) is 5.32 Å². The molecule has 2 aromatic rings. The van der Waals surface area contributed by atoms with Crippen LogP contribution < -0.4 is 11.1 Å². The minimum Gasteiger partial charge on any atom is -0.389 e. The lowest BCUT2D eigenvalue weighted by Crippen LogP contribution is -2.15. The first-order valence-corrected chi connectivity index (χ1v) is 7.26. The third-order valence-electron chi connectivity index (χ3n) is 2.99. The monoisotopic (exact) mass is 324 g/mol. The molecular weight excluding hydrogens is 311 g/mol. The van der Waals surface area contributed by atoms with Crippen LogP contribution in [0.5, 0.6) is 0 Å². The average Bonchev–Trinajstić information content (AvgIpc) is 2.41. The van der Waals surface area contributed by atoms with Gasteiger partial charge in [0.15, 0.2) is 0 Å². The number of rotatable bonds is 4.